The van der Waals surface area contributed by atoms with Gasteiger partial charge in [-0.05, 0) is 44.2 Å². The lowest BCUT2D eigenvalue weighted by Crippen LogP contribution is -2.42. The Kier molecular flexibility index (Phi) is 5.28. The molecule has 0 saturated carbocycles. The summed E-state index contributed by atoms with van der Waals surface area (Å²) in [5, 5.41) is 2.63. The summed E-state index contributed by atoms with van der Waals surface area (Å²) in [5.74, 6) is -0.430. The second-order valence-electron chi connectivity index (χ2n) is 4.28. The number of nitrogens with one attached hydrogen (secondary N) is 1. The number of halogens is 1. The number of hydrogen-bond donors (Lipinski definition) is 1. The summed E-state index contributed by atoms with van der Waals surface area (Å²) in [4.78, 5) is 0.174. The second kappa shape index (κ2) is 6.29. The van der Waals surface area contributed by atoms with E-state index >= 15 is 0 Å². The van der Waals surface area contributed by atoms with Crippen LogP contribution in [0.3, 0.4) is 0 Å². The smallest absolute Gasteiger partial charge is 0.182 e. The summed E-state index contributed by atoms with van der Waals surface area (Å²) in [7, 11) is -3.42. The molecule has 102 valence electrons. The lowest BCUT2D eigenvalue weighted by atomic mass is 10.2. The number of sulfone groups is 1. The molecule has 1 rings (SSSR count). The zero-order chi connectivity index (χ0) is 13.8. The zero-order valence-electron chi connectivity index (χ0n) is 11.0. The Bertz CT molecular complexity index is 470. The van der Waals surface area contributed by atoms with E-state index in [1.807, 2.05) is 13.8 Å². The fourth-order valence-corrected chi connectivity index (χ4v) is 3.63. The maximum Gasteiger partial charge on any atom is 0.182 e. The quantitative estimate of drug-likeness (QED) is 0.809. The number of rotatable bonds is 6. The molecule has 0 aliphatic rings. The van der Waals surface area contributed by atoms with Gasteiger partial charge in [0, 0.05) is 6.04 Å². The minimum Gasteiger partial charge on any atom is -0.313 e. The Morgan fingerprint density at radius 2 is 1.78 bits per heavy atom. The molecular weight excluding hydrogens is 253 g/mol. The molecule has 5 heteroatoms. The predicted octanol–water partition coefficient (Wildman–Crippen LogP) is 2.38. The van der Waals surface area contributed by atoms with Crippen molar-refractivity contribution in [1.29, 1.82) is 0 Å². The minimum absolute atomic E-state index is 0.0925. The molecule has 1 aromatic carbocycles. The highest BCUT2D eigenvalue weighted by atomic mass is 32.2. The number of benzene rings is 1. The van der Waals surface area contributed by atoms with Crippen LogP contribution in [0.25, 0.3) is 0 Å². The van der Waals surface area contributed by atoms with Crippen molar-refractivity contribution >= 4 is 9.84 Å². The van der Waals surface area contributed by atoms with E-state index in [1.54, 1.807) is 6.92 Å². The van der Waals surface area contributed by atoms with Crippen LogP contribution < -0.4 is 5.32 Å². The van der Waals surface area contributed by atoms with Gasteiger partial charge in [0.1, 0.15) is 5.82 Å². The maximum atomic E-state index is 12.8. The Morgan fingerprint density at radius 1 is 1.22 bits per heavy atom. The largest absolute Gasteiger partial charge is 0.313 e. The topological polar surface area (TPSA) is 46.2 Å². The van der Waals surface area contributed by atoms with Crippen molar-refractivity contribution < 1.29 is 12.8 Å². The van der Waals surface area contributed by atoms with Crippen molar-refractivity contribution in [2.24, 2.45) is 0 Å². The first-order chi connectivity index (χ1) is 8.43. The first-order valence-electron chi connectivity index (χ1n) is 6.16. The normalized spacial score (nSPS) is 15.3. The van der Waals surface area contributed by atoms with Gasteiger partial charge in [0.05, 0.1) is 10.1 Å². The van der Waals surface area contributed by atoms with Gasteiger partial charge >= 0.3 is 0 Å². The summed E-state index contributed by atoms with van der Waals surface area (Å²) in [6, 6.07) is 4.89. The van der Waals surface area contributed by atoms with Gasteiger partial charge in [0.2, 0.25) is 0 Å². The molecule has 0 aromatic heterocycles. The number of hydrogen-bond acceptors (Lipinski definition) is 3. The highest BCUT2D eigenvalue weighted by Crippen LogP contribution is 2.20. The van der Waals surface area contributed by atoms with E-state index in [9.17, 15) is 12.8 Å². The van der Waals surface area contributed by atoms with Gasteiger partial charge in [-0.25, -0.2) is 12.8 Å². The molecule has 0 aliphatic heterocycles. The molecule has 0 amide bonds. The third-order valence-electron chi connectivity index (χ3n) is 3.10. The Hall–Kier alpha value is -0.940. The van der Waals surface area contributed by atoms with Crippen molar-refractivity contribution in [2.45, 2.75) is 43.4 Å². The van der Waals surface area contributed by atoms with Crippen LogP contribution in [0.2, 0.25) is 0 Å². The fourth-order valence-electron chi connectivity index (χ4n) is 1.96. The molecule has 0 radical (unpaired) electrons. The van der Waals surface area contributed by atoms with Gasteiger partial charge in [-0.15, -0.1) is 0 Å². The SMILES string of the molecule is CCNC(CC)C(C)S(=O)(=O)c1ccc(F)cc1. The van der Waals surface area contributed by atoms with E-state index < -0.39 is 20.9 Å². The van der Waals surface area contributed by atoms with Crippen LogP contribution in [-0.4, -0.2) is 26.3 Å². The van der Waals surface area contributed by atoms with Crippen LogP contribution in [0, 0.1) is 5.82 Å². The average Bonchev–Trinajstić information content (AvgIpc) is 2.35. The summed E-state index contributed by atoms with van der Waals surface area (Å²) in [5.41, 5.74) is 0. The Labute approximate surface area is 108 Å². The van der Waals surface area contributed by atoms with E-state index in [0.29, 0.717) is 0 Å². The van der Waals surface area contributed by atoms with Crippen molar-refractivity contribution in [1.82, 2.24) is 5.32 Å². The Balaban J connectivity index is 3.01. The molecule has 1 aromatic rings. The lowest BCUT2D eigenvalue weighted by Gasteiger charge is -2.23. The highest BCUT2D eigenvalue weighted by Gasteiger charge is 2.29. The fraction of sp³-hybridized carbons (Fsp3) is 0.538. The Morgan fingerprint density at radius 3 is 2.22 bits per heavy atom. The van der Waals surface area contributed by atoms with Crippen molar-refractivity contribution in [2.75, 3.05) is 6.54 Å². The van der Waals surface area contributed by atoms with E-state index in [1.165, 1.54) is 24.3 Å². The van der Waals surface area contributed by atoms with Crippen LogP contribution in [0.15, 0.2) is 29.2 Å². The summed E-state index contributed by atoms with van der Waals surface area (Å²) in [6.07, 6.45) is 0.732. The van der Waals surface area contributed by atoms with E-state index in [0.717, 1.165) is 13.0 Å². The molecule has 1 N–H and O–H groups in total. The molecule has 0 aliphatic carbocycles. The van der Waals surface area contributed by atoms with E-state index in [2.05, 4.69) is 5.32 Å². The first kappa shape index (κ1) is 15.1. The second-order valence-corrected chi connectivity index (χ2v) is 6.58. The van der Waals surface area contributed by atoms with Crippen LogP contribution in [0.4, 0.5) is 4.39 Å². The van der Waals surface area contributed by atoms with E-state index in [4.69, 9.17) is 0 Å². The van der Waals surface area contributed by atoms with E-state index in [-0.39, 0.29) is 10.9 Å². The van der Waals surface area contributed by atoms with Gasteiger partial charge in [0.15, 0.2) is 9.84 Å². The summed E-state index contributed by atoms with van der Waals surface area (Å²) < 4.78 is 37.5. The molecule has 0 spiro atoms. The first-order valence-corrected chi connectivity index (χ1v) is 7.71. The third-order valence-corrected chi connectivity index (χ3v) is 5.34. The van der Waals surface area contributed by atoms with Gasteiger partial charge in [-0.1, -0.05) is 13.8 Å². The molecule has 0 saturated heterocycles. The summed E-state index contributed by atoms with van der Waals surface area (Å²) in [6.45, 7) is 6.31. The van der Waals surface area contributed by atoms with Crippen LogP contribution >= 0.6 is 0 Å². The molecule has 0 heterocycles. The van der Waals surface area contributed by atoms with Gasteiger partial charge in [0.25, 0.3) is 0 Å². The zero-order valence-corrected chi connectivity index (χ0v) is 11.8. The van der Waals surface area contributed by atoms with Gasteiger partial charge < -0.3 is 5.32 Å². The standard InChI is InChI=1S/C13H20FNO2S/c1-4-13(15-5-2)10(3)18(16,17)12-8-6-11(14)7-9-12/h6-10,13,15H,4-5H2,1-3H3. The molecular formula is C13H20FNO2S. The molecule has 0 bridgehead atoms. The monoisotopic (exact) mass is 273 g/mol. The van der Waals surface area contributed by atoms with Gasteiger partial charge in [-0.3, -0.25) is 0 Å². The van der Waals surface area contributed by atoms with Crippen molar-refractivity contribution in [3.63, 3.8) is 0 Å². The summed E-state index contributed by atoms with van der Waals surface area (Å²) >= 11 is 0. The van der Waals surface area contributed by atoms with Gasteiger partial charge in [-0.2, -0.15) is 0 Å². The molecule has 2 atom stereocenters. The maximum absolute atomic E-state index is 12.8. The van der Waals surface area contributed by atoms with Crippen LogP contribution in [0.1, 0.15) is 27.2 Å². The molecule has 0 fully saturated rings. The van der Waals surface area contributed by atoms with Crippen molar-refractivity contribution in [3.8, 4) is 0 Å². The molecule has 2 unspecified atom stereocenters. The molecule has 3 nitrogen and oxygen atoms in total. The lowest BCUT2D eigenvalue weighted by molar-refractivity contribution is 0.483. The average molecular weight is 273 g/mol. The van der Waals surface area contributed by atoms with Crippen LogP contribution in [-0.2, 0) is 9.84 Å². The van der Waals surface area contributed by atoms with Crippen LogP contribution in [0.5, 0.6) is 0 Å². The predicted molar refractivity (Wildman–Crippen MR) is 70.8 cm³/mol. The molecule has 18 heavy (non-hydrogen) atoms. The minimum atomic E-state index is -3.42. The third kappa shape index (κ3) is 3.29. The highest BCUT2D eigenvalue weighted by molar-refractivity contribution is 7.92. The van der Waals surface area contributed by atoms with Crippen molar-refractivity contribution in [3.05, 3.63) is 30.1 Å².